The molecule has 6 nitrogen and oxygen atoms in total. The Bertz CT molecular complexity index is 737. The average molecular weight is 321 g/mol. The largest absolute Gasteiger partial charge is 0.371 e. The van der Waals surface area contributed by atoms with Crippen molar-refractivity contribution in [2.75, 3.05) is 32.2 Å². The lowest BCUT2D eigenvalue weighted by Crippen LogP contribution is -2.39. The molecule has 0 amide bonds. The number of aromatic amines is 1. The van der Waals surface area contributed by atoms with Gasteiger partial charge in [-0.15, -0.1) is 5.10 Å². The Kier molecular flexibility index (Phi) is 4.58. The topological polar surface area (TPSA) is 67.5 Å². The van der Waals surface area contributed by atoms with E-state index in [0.717, 1.165) is 31.6 Å². The van der Waals surface area contributed by atoms with Crippen LogP contribution in [0.15, 0.2) is 23.0 Å². The van der Waals surface area contributed by atoms with Crippen LogP contribution in [0.4, 0.5) is 10.1 Å². The predicted octanol–water partition coefficient (Wildman–Crippen LogP) is 1.90. The van der Waals surface area contributed by atoms with Gasteiger partial charge in [0.15, 0.2) is 6.29 Å². The lowest BCUT2D eigenvalue weighted by molar-refractivity contribution is -0.141. The fraction of sp³-hybridized carbons (Fsp3) is 0.500. The fourth-order valence-electron chi connectivity index (χ4n) is 3.23. The quantitative estimate of drug-likeness (QED) is 0.871. The Morgan fingerprint density at radius 2 is 1.96 bits per heavy atom. The van der Waals surface area contributed by atoms with Crippen molar-refractivity contribution in [2.24, 2.45) is 5.92 Å². The SMILES string of the molecule is COC(OC)C1CCN(c2ccc3c(=O)[nH]nc(F)c3c2)CC1. The van der Waals surface area contributed by atoms with Crippen LogP contribution in [0.2, 0.25) is 0 Å². The first-order valence-corrected chi connectivity index (χ1v) is 7.62. The molecule has 2 aromatic rings. The average Bonchev–Trinajstić information content (AvgIpc) is 2.60. The molecule has 0 radical (unpaired) electrons. The zero-order chi connectivity index (χ0) is 16.4. The van der Waals surface area contributed by atoms with Gasteiger partial charge in [0.1, 0.15) is 0 Å². The van der Waals surface area contributed by atoms with Crippen molar-refractivity contribution in [1.29, 1.82) is 0 Å². The number of anilines is 1. The Morgan fingerprint density at radius 1 is 1.26 bits per heavy atom. The second-order valence-corrected chi connectivity index (χ2v) is 5.74. The van der Waals surface area contributed by atoms with Crippen molar-refractivity contribution in [3.63, 3.8) is 0 Å². The first-order chi connectivity index (χ1) is 11.1. The first-order valence-electron chi connectivity index (χ1n) is 7.62. The molecule has 1 fully saturated rings. The molecule has 1 aromatic carbocycles. The van der Waals surface area contributed by atoms with Crippen LogP contribution in [0, 0.1) is 11.9 Å². The minimum Gasteiger partial charge on any atom is -0.371 e. The Labute approximate surface area is 133 Å². The number of piperidine rings is 1. The molecule has 0 spiro atoms. The summed E-state index contributed by atoms with van der Waals surface area (Å²) in [5, 5.41) is 6.11. The van der Waals surface area contributed by atoms with E-state index >= 15 is 0 Å². The van der Waals surface area contributed by atoms with Gasteiger partial charge >= 0.3 is 0 Å². The van der Waals surface area contributed by atoms with Crippen LogP contribution in [-0.2, 0) is 9.47 Å². The number of rotatable bonds is 4. The first kappa shape index (κ1) is 15.9. The van der Waals surface area contributed by atoms with Crippen LogP contribution in [0.3, 0.4) is 0 Å². The van der Waals surface area contributed by atoms with Gasteiger partial charge in [0.2, 0.25) is 5.95 Å². The zero-order valence-electron chi connectivity index (χ0n) is 13.2. The molecular formula is C16H20FN3O3. The summed E-state index contributed by atoms with van der Waals surface area (Å²) < 4.78 is 24.5. The summed E-state index contributed by atoms with van der Waals surface area (Å²) in [6, 6.07) is 5.19. The van der Waals surface area contributed by atoms with E-state index in [-0.39, 0.29) is 17.2 Å². The monoisotopic (exact) mass is 321 g/mol. The van der Waals surface area contributed by atoms with Gasteiger partial charge in [0.05, 0.1) is 5.39 Å². The van der Waals surface area contributed by atoms with Gasteiger partial charge in [0, 0.05) is 44.3 Å². The summed E-state index contributed by atoms with van der Waals surface area (Å²) in [5.74, 6) is -0.307. The fourth-order valence-corrected chi connectivity index (χ4v) is 3.23. The third-order valence-corrected chi connectivity index (χ3v) is 4.48. The number of halogens is 1. The highest BCUT2D eigenvalue weighted by atomic mass is 19.1. The molecule has 1 saturated heterocycles. The Balaban J connectivity index is 1.80. The molecule has 1 aromatic heterocycles. The van der Waals surface area contributed by atoms with E-state index in [1.165, 1.54) is 0 Å². The molecular weight excluding hydrogens is 301 g/mol. The molecule has 1 aliphatic rings. The molecule has 0 saturated carbocycles. The number of H-pyrrole nitrogens is 1. The lowest BCUT2D eigenvalue weighted by Gasteiger charge is -2.36. The smallest absolute Gasteiger partial charge is 0.272 e. The van der Waals surface area contributed by atoms with Crippen LogP contribution >= 0.6 is 0 Å². The molecule has 124 valence electrons. The van der Waals surface area contributed by atoms with Gasteiger partial charge in [-0.2, -0.15) is 4.39 Å². The second-order valence-electron chi connectivity index (χ2n) is 5.74. The van der Waals surface area contributed by atoms with Gasteiger partial charge in [-0.3, -0.25) is 4.79 Å². The van der Waals surface area contributed by atoms with Gasteiger partial charge in [-0.05, 0) is 31.0 Å². The van der Waals surface area contributed by atoms with Crippen LogP contribution in [-0.4, -0.2) is 43.8 Å². The van der Waals surface area contributed by atoms with Gasteiger partial charge in [-0.25, -0.2) is 5.10 Å². The number of nitrogens with zero attached hydrogens (tertiary/aromatic N) is 2. The summed E-state index contributed by atoms with van der Waals surface area (Å²) in [7, 11) is 3.30. The zero-order valence-corrected chi connectivity index (χ0v) is 13.2. The Morgan fingerprint density at radius 3 is 2.61 bits per heavy atom. The molecule has 0 bridgehead atoms. The molecule has 23 heavy (non-hydrogen) atoms. The summed E-state index contributed by atoms with van der Waals surface area (Å²) >= 11 is 0. The van der Waals surface area contributed by atoms with E-state index in [0.29, 0.717) is 11.3 Å². The van der Waals surface area contributed by atoms with Crippen LogP contribution in [0.5, 0.6) is 0 Å². The highest BCUT2D eigenvalue weighted by molar-refractivity contribution is 5.84. The Hall–Kier alpha value is -1.99. The maximum atomic E-state index is 13.8. The number of fused-ring (bicyclic) bond motifs is 1. The number of hydrogen-bond acceptors (Lipinski definition) is 5. The highest BCUT2D eigenvalue weighted by Gasteiger charge is 2.26. The van der Waals surface area contributed by atoms with E-state index in [2.05, 4.69) is 15.1 Å². The van der Waals surface area contributed by atoms with Gasteiger partial charge in [-0.1, -0.05) is 0 Å². The molecule has 1 N–H and O–H groups in total. The second kappa shape index (κ2) is 6.64. The van der Waals surface area contributed by atoms with Crippen molar-refractivity contribution < 1.29 is 13.9 Å². The lowest BCUT2D eigenvalue weighted by atomic mass is 9.95. The number of benzene rings is 1. The third kappa shape index (κ3) is 3.07. The summed E-state index contributed by atoms with van der Waals surface area (Å²) in [4.78, 5) is 13.9. The van der Waals surface area contributed by atoms with E-state index in [1.54, 1.807) is 26.4 Å². The van der Waals surface area contributed by atoms with Crippen molar-refractivity contribution in [2.45, 2.75) is 19.1 Å². The minimum atomic E-state index is -0.657. The number of methoxy groups -OCH3 is 2. The van der Waals surface area contributed by atoms with E-state index < -0.39 is 5.95 Å². The van der Waals surface area contributed by atoms with Crippen molar-refractivity contribution in [1.82, 2.24) is 10.2 Å². The standard InChI is InChI=1S/C16H20FN3O3/c1-22-16(23-2)10-5-7-20(8-6-10)11-3-4-12-13(9-11)14(17)18-19-15(12)21/h3-4,9-10,16H,5-8H2,1-2H3,(H,19,21). The van der Waals surface area contributed by atoms with Crippen LogP contribution in [0.1, 0.15) is 12.8 Å². The maximum Gasteiger partial charge on any atom is 0.272 e. The predicted molar refractivity (Wildman–Crippen MR) is 85.1 cm³/mol. The molecule has 0 aliphatic carbocycles. The van der Waals surface area contributed by atoms with Gasteiger partial charge < -0.3 is 14.4 Å². The summed E-state index contributed by atoms with van der Waals surface area (Å²) in [5.41, 5.74) is 0.517. The maximum absolute atomic E-state index is 13.8. The van der Waals surface area contributed by atoms with E-state index in [4.69, 9.17) is 9.47 Å². The third-order valence-electron chi connectivity index (χ3n) is 4.48. The number of aromatic nitrogens is 2. The molecule has 0 atom stereocenters. The molecule has 1 aliphatic heterocycles. The molecule has 7 heteroatoms. The number of ether oxygens (including phenoxy) is 2. The number of nitrogens with one attached hydrogen (secondary N) is 1. The minimum absolute atomic E-state index is 0.186. The summed E-state index contributed by atoms with van der Waals surface area (Å²) in [6.07, 6.45) is 1.68. The molecule has 3 rings (SSSR count). The summed E-state index contributed by atoms with van der Waals surface area (Å²) in [6.45, 7) is 1.66. The highest BCUT2D eigenvalue weighted by Crippen LogP contribution is 2.28. The van der Waals surface area contributed by atoms with Crippen LogP contribution in [0.25, 0.3) is 10.8 Å². The normalized spacial score (nSPS) is 16.4. The van der Waals surface area contributed by atoms with Crippen molar-refractivity contribution in [3.8, 4) is 0 Å². The van der Waals surface area contributed by atoms with Crippen molar-refractivity contribution in [3.05, 3.63) is 34.5 Å². The number of hydrogen-bond donors (Lipinski definition) is 1. The molecule has 2 heterocycles. The van der Waals surface area contributed by atoms with E-state index in [1.807, 2.05) is 6.07 Å². The van der Waals surface area contributed by atoms with E-state index in [9.17, 15) is 9.18 Å². The van der Waals surface area contributed by atoms with Crippen molar-refractivity contribution >= 4 is 16.5 Å². The van der Waals surface area contributed by atoms with Gasteiger partial charge in [0.25, 0.3) is 5.56 Å². The van der Waals surface area contributed by atoms with Crippen LogP contribution < -0.4 is 10.5 Å². The molecule has 0 unspecified atom stereocenters.